The van der Waals surface area contributed by atoms with Crippen molar-refractivity contribution in [1.29, 1.82) is 0 Å². The molecule has 0 spiro atoms. The predicted octanol–water partition coefficient (Wildman–Crippen LogP) is 0.342. The van der Waals surface area contributed by atoms with Crippen molar-refractivity contribution >= 4 is 15.7 Å². The summed E-state index contributed by atoms with van der Waals surface area (Å²) in [5.74, 6) is -0.329. The van der Waals surface area contributed by atoms with E-state index in [2.05, 4.69) is 5.32 Å². The average molecular weight is 271 g/mol. The lowest BCUT2D eigenvalue weighted by Gasteiger charge is -2.07. The SMILES string of the molecule is C[C@@H](O)CNC(=O)c1ccc(CS(C)(=O)=O)cc1. The van der Waals surface area contributed by atoms with Crippen LogP contribution in [0.1, 0.15) is 22.8 Å². The predicted molar refractivity (Wildman–Crippen MR) is 69.0 cm³/mol. The van der Waals surface area contributed by atoms with Gasteiger partial charge in [-0.05, 0) is 24.6 Å². The highest BCUT2D eigenvalue weighted by Crippen LogP contribution is 2.07. The van der Waals surface area contributed by atoms with Crippen LogP contribution in [0.25, 0.3) is 0 Å². The fourth-order valence-corrected chi connectivity index (χ4v) is 2.20. The highest BCUT2D eigenvalue weighted by molar-refractivity contribution is 7.89. The van der Waals surface area contributed by atoms with Crippen LogP contribution in [-0.4, -0.2) is 38.3 Å². The minimum atomic E-state index is -3.07. The van der Waals surface area contributed by atoms with Gasteiger partial charge in [-0.1, -0.05) is 12.1 Å². The fourth-order valence-electron chi connectivity index (χ4n) is 1.40. The topological polar surface area (TPSA) is 83.5 Å². The van der Waals surface area contributed by atoms with E-state index in [1.54, 1.807) is 31.2 Å². The van der Waals surface area contributed by atoms with Crippen molar-refractivity contribution < 1.29 is 18.3 Å². The van der Waals surface area contributed by atoms with E-state index in [-0.39, 0.29) is 18.2 Å². The Morgan fingerprint density at radius 2 is 1.89 bits per heavy atom. The first-order valence-corrected chi connectivity index (χ1v) is 7.57. The molecule has 1 aromatic carbocycles. The molecule has 0 fully saturated rings. The number of carbonyl (C=O) groups excluding carboxylic acids is 1. The van der Waals surface area contributed by atoms with E-state index in [0.717, 1.165) is 6.26 Å². The molecule has 0 aliphatic rings. The molecule has 1 rings (SSSR count). The van der Waals surface area contributed by atoms with Crippen LogP contribution in [0.15, 0.2) is 24.3 Å². The molecular formula is C12H17NO4S. The first kappa shape index (κ1) is 14.7. The van der Waals surface area contributed by atoms with E-state index < -0.39 is 15.9 Å². The van der Waals surface area contributed by atoms with Crippen LogP contribution in [0.5, 0.6) is 0 Å². The minimum Gasteiger partial charge on any atom is -0.392 e. The molecule has 18 heavy (non-hydrogen) atoms. The van der Waals surface area contributed by atoms with E-state index >= 15 is 0 Å². The van der Waals surface area contributed by atoms with Crippen LogP contribution in [-0.2, 0) is 15.6 Å². The zero-order valence-electron chi connectivity index (χ0n) is 10.4. The van der Waals surface area contributed by atoms with Crippen LogP contribution in [0, 0.1) is 0 Å². The normalized spacial score (nSPS) is 13.1. The molecule has 0 radical (unpaired) electrons. The third-order valence-corrected chi connectivity index (χ3v) is 3.06. The van der Waals surface area contributed by atoms with Gasteiger partial charge >= 0.3 is 0 Å². The van der Waals surface area contributed by atoms with Crippen LogP contribution < -0.4 is 5.32 Å². The Morgan fingerprint density at radius 1 is 1.33 bits per heavy atom. The van der Waals surface area contributed by atoms with E-state index in [1.807, 2.05) is 0 Å². The zero-order chi connectivity index (χ0) is 13.8. The highest BCUT2D eigenvalue weighted by atomic mass is 32.2. The van der Waals surface area contributed by atoms with E-state index in [9.17, 15) is 13.2 Å². The molecule has 1 amide bonds. The summed E-state index contributed by atoms with van der Waals surface area (Å²) in [7, 11) is -3.07. The maximum Gasteiger partial charge on any atom is 0.251 e. The Balaban J connectivity index is 2.68. The lowest BCUT2D eigenvalue weighted by molar-refractivity contribution is 0.0924. The number of carbonyl (C=O) groups is 1. The number of amides is 1. The smallest absolute Gasteiger partial charge is 0.251 e. The summed E-state index contributed by atoms with van der Waals surface area (Å²) in [6, 6.07) is 6.35. The second kappa shape index (κ2) is 5.97. The van der Waals surface area contributed by atoms with E-state index in [4.69, 9.17) is 5.11 Å². The summed E-state index contributed by atoms with van der Waals surface area (Å²) in [4.78, 5) is 11.6. The molecule has 0 saturated carbocycles. The number of rotatable bonds is 5. The summed E-state index contributed by atoms with van der Waals surface area (Å²) in [5, 5.41) is 11.6. The summed E-state index contributed by atoms with van der Waals surface area (Å²) < 4.78 is 22.2. The number of hydrogen-bond donors (Lipinski definition) is 2. The molecule has 0 heterocycles. The molecule has 0 aliphatic carbocycles. The quantitative estimate of drug-likeness (QED) is 0.809. The molecule has 0 aromatic heterocycles. The Hall–Kier alpha value is -1.40. The van der Waals surface area contributed by atoms with Gasteiger partial charge in [0, 0.05) is 18.4 Å². The summed E-state index contributed by atoms with van der Waals surface area (Å²) in [5.41, 5.74) is 1.08. The largest absolute Gasteiger partial charge is 0.392 e. The van der Waals surface area contributed by atoms with Gasteiger partial charge in [-0.2, -0.15) is 0 Å². The number of aliphatic hydroxyl groups excluding tert-OH is 1. The third-order valence-electron chi connectivity index (χ3n) is 2.20. The number of benzene rings is 1. The molecule has 100 valence electrons. The fraction of sp³-hybridized carbons (Fsp3) is 0.417. The second-order valence-corrected chi connectivity index (χ2v) is 6.47. The molecule has 0 unspecified atom stereocenters. The maximum atomic E-state index is 11.6. The van der Waals surface area contributed by atoms with Crippen LogP contribution in [0.4, 0.5) is 0 Å². The molecular weight excluding hydrogens is 254 g/mol. The van der Waals surface area contributed by atoms with Crippen molar-refractivity contribution in [2.45, 2.75) is 18.8 Å². The zero-order valence-corrected chi connectivity index (χ0v) is 11.2. The maximum absolute atomic E-state index is 11.6. The molecule has 0 saturated heterocycles. The van der Waals surface area contributed by atoms with E-state index in [1.165, 1.54) is 0 Å². The van der Waals surface area contributed by atoms with Crippen molar-refractivity contribution in [3.63, 3.8) is 0 Å². The van der Waals surface area contributed by atoms with Gasteiger partial charge in [0.2, 0.25) is 0 Å². The molecule has 5 nitrogen and oxygen atoms in total. The van der Waals surface area contributed by atoms with Gasteiger partial charge in [-0.25, -0.2) is 8.42 Å². The Kier molecular flexibility index (Phi) is 4.86. The summed E-state index contributed by atoms with van der Waals surface area (Å²) in [6.07, 6.45) is 0.564. The van der Waals surface area contributed by atoms with Crippen molar-refractivity contribution in [3.05, 3.63) is 35.4 Å². The van der Waals surface area contributed by atoms with Gasteiger partial charge < -0.3 is 10.4 Å². The van der Waals surface area contributed by atoms with Gasteiger partial charge in [-0.15, -0.1) is 0 Å². The highest BCUT2D eigenvalue weighted by Gasteiger charge is 2.08. The van der Waals surface area contributed by atoms with Crippen LogP contribution >= 0.6 is 0 Å². The van der Waals surface area contributed by atoms with Crippen LogP contribution in [0.3, 0.4) is 0 Å². The number of sulfone groups is 1. The first-order valence-electron chi connectivity index (χ1n) is 5.51. The summed E-state index contributed by atoms with van der Waals surface area (Å²) in [6.45, 7) is 1.76. The lowest BCUT2D eigenvalue weighted by Crippen LogP contribution is -2.30. The third kappa shape index (κ3) is 5.29. The number of aliphatic hydroxyl groups is 1. The minimum absolute atomic E-state index is 0.0391. The Labute approximate surface area is 107 Å². The van der Waals surface area contributed by atoms with Crippen molar-refractivity contribution in [3.8, 4) is 0 Å². The molecule has 6 heteroatoms. The number of hydrogen-bond acceptors (Lipinski definition) is 4. The van der Waals surface area contributed by atoms with Crippen molar-refractivity contribution in [2.24, 2.45) is 0 Å². The average Bonchev–Trinajstić information content (AvgIpc) is 2.24. The Bertz CT molecular complexity index is 505. The van der Waals surface area contributed by atoms with Gasteiger partial charge in [0.25, 0.3) is 5.91 Å². The summed E-state index contributed by atoms with van der Waals surface area (Å²) >= 11 is 0. The first-order chi connectivity index (χ1) is 8.28. The standard InChI is InChI=1S/C12H17NO4S/c1-9(14)7-13-12(15)11-5-3-10(4-6-11)8-18(2,16)17/h3-6,9,14H,7-8H2,1-2H3,(H,13,15)/t9-/m1/s1. The molecule has 0 bridgehead atoms. The van der Waals surface area contributed by atoms with Crippen molar-refractivity contribution in [1.82, 2.24) is 5.32 Å². The van der Waals surface area contributed by atoms with Crippen molar-refractivity contribution in [2.75, 3.05) is 12.8 Å². The molecule has 2 N–H and O–H groups in total. The molecule has 1 atom stereocenters. The van der Waals surface area contributed by atoms with Gasteiger partial charge in [-0.3, -0.25) is 4.79 Å². The lowest BCUT2D eigenvalue weighted by atomic mass is 10.1. The second-order valence-electron chi connectivity index (χ2n) is 4.33. The molecule has 0 aliphatic heterocycles. The number of nitrogens with one attached hydrogen (secondary N) is 1. The van der Waals surface area contributed by atoms with Crippen LogP contribution in [0.2, 0.25) is 0 Å². The Morgan fingerprint density at radius 3 is 2.33 bits per heavy atom. The van der Waals surface area contributed by atoms with E-state index in [0.29, 0.717) is 11.1 Å². The monoisotopic (exact) mass is 271 g/mol. The van der Waals surface area contributed by atoms with Gasteiger partial charge in [0.15, 0.2) is 9.84 Å². The van der Waals surface area contributed by atoms with Gasteiger partial charge in [0.05, 0.1) is 11.9 Å². The molecule has 1 aromatic rings. The van der Waals surface area contributed by atoms with Gasteiger partial charge in [0.1, 0.15) is 0 Å².